The van der Waals surface area contributed by atoms with E-state index in [1.807, 2.05) is 26.8 Å². The largest absolute Gasteiger partial charge is 0.481 e. The Labute approximate surface area is 252 Å². The van der Waals surface area contributed by atoms with Gasteiger partial charge >= 0.3 is 11.9 Å². The van der Waals surface area contributed by atoms with Crippen LogP contribution in [0.1, 0.15) is 107 Å². The Balaban J connectivity index is 1.62. The number of esters is 1. The van der Waals surface area contributed by atoms with Crippen LogP contribution in [-0.4, -0.2) is 52.9 Å². The first-order valence-corrected chi connectivity index (χ1v) is 16.1. The first-order chi connectivity index (χ1) is 19.5. The smallest absolute Gasteiger partial charge is 0.317 e. The maximum absolute atomic E-state index is 13.3. The average Bonchev–Trinajstić information content (AvgIpc) is 3.16. The summed E-state index contributed by atoms with van der Waals surface area (Å²) in [6, 6.07) is 0. The van der Waals surface area contributed by atoms with Crippen LogP contribution in [0.2, 0.25) is 0 Å². The second kappa shape index (κ2) is 11.5. The molecule has 0 amide bonds. The van der Waals surface area contributed by atoms with Crippen molar-refractivity contribution < 1.29 is 34.1 Å². The lowest BCUT2D eigenvalue weighted by Crippen LogP contribution is -2.64. The number of carboxylic acids is 1. The third-order valence-corrected chi connectivity index (χ3v) is 12.4. The lowest BCUT2D eigenvalue weighted by atomic mass is 9.38. The van der Waals surface area contributed by atoms with Gasteiger partial charge in [-0.05, 0) is 94.3 Å². The van der Waals surface area contributed by atoms with E-state index in [-0.39, 0.29) is 28.3 Å². The number of hydrogen-bond acceptors (Lipinski definition) is 6. The Morgan fingerprint density at radius 1 is 1.10 bits per heavy atom. The van der Waals surface area contributed by atoms with Crippen molar-refractivity contribution in [2.24, 2.45) is 45.3 Å². The van der Waals surface area contributed by atoms with E-state index in [2.05, 4.69) is 46.8 Å². The molecule has 7 heteroatoms. The number of hydrogen-bond donors (Lipinski definition) is 2. The normalized spacial score (nSPS) is 39.9. The molecule has 236 valence electrons. The van der Waals surface area contributed by atoms with Crippen LogP contribution in [0.5, 0.6) is 0 Å². The number of aldehydes is 1. The van der Waals surface area contributed by atoms with Crippen molar-refractivity contribution in [3.8, 4) is 0 Å². The maximum Gasteiger partial charge on any atom is 0.317 e. The molecule has 0 bridgehead atoms. The summed E-state index contributed by atoms with van der Waals surface area (Å²) in [5.74, 6) is -1.21. The number of aliphatic hydroxyl groups is 1. The number of ether oxygens (including phenoxy) is 2. The number of carboxylic acid groups (broad SMARTS) is 1. The van der Waals surface area contributed by atoms with E-state index in [1.165, 1.54) is 6.29 Å². The molecule has 0 aliphatic heterocycles. The van der Waals surface area contributed by atoms with Crippen molar-refractivity contribution in [2.75, 3.05) is 6.61 Å². The number of carbonyl (C=O) groups is 3. The fourth-order valence-electron chi connectivity index (χ4n) is 10.2. The summed E-state index contributed by atoms with van der Waals surface area (Å²) in [5.41, 5.74) is -0.794. The number of aliphatic hydroxyl groups excluding tert-OH is 1. The summed E-state index contributed by atoms with van der Waals surface area (Å²) in [5, 5.41) is 21.0. The maximum atomic E-state index is 13.3. The summed E-state index contributed by atoms with van der Waals surface area (Å²) < 4.78 is 11.5. The van der Waals surface area contributed by atoms with Crippen LogP contribution in [-0.2, 0) is 23.9 Å². The van der Waals surface area contributed by atoms with Gasteiger partial charge in [0.25, 0.3) is 0 Å². The van der Waals surface area contributed by atoms with E-state index in [1.54, 1.807) is 0 Å². The highest BCUT2D eigenvalue weighted by Gasteiger charge is 2.70. The third-order valence-electron chi connectivity index (χ3n) is 12.4. The highest BCUT2D eigenvalue weighted by molar-refractivity contribution is 5.90. The quantitative estimate of drug-likeness (QED) is 0.130. The second-order valence-electron chi connectivity index (χ2n) is 15.4. The fraction of sp³-hybridized carbons (Fsp3) is 0.800. The summed E-state index contributed by atoms with van der Waals surface area (Å²) in [6.07, 6.45) is 11.6. The second-order valence-corrected chi connectivity index (χ2v) is 15.4. The molecule has 42 heavy (non-hydrogen) atoms. The van der Waals surface area contributed by atoms with Crippen molar-refractivity contribution in [3.05, 3.63) is 23.8 Å². The number of allylic oxidation sites excluding steroid dienone is 1. The number of fused-ring (bicyclic) bond motifs is 5. The Bertz CT molecular complexity index is 1120. The molecule has 0 spiro atoms. The number of carbonyl (C=O) groups excluding carboxylic acids is 2. The van der Waals surface area contributed by atoms with Gasteiger partial charge in [0.2, 0.25) is 0 Å². The lowest BCUT2D eigenvalue weighted by molar-refractivity contribution is -0.186. The van der Waals surface area contributed by atoms with E-state index in [9.17, 15) is 19.5 Å². The molecule has 4 aliphatic rings. The third kappa shape index (κ3) is 5.31. The molecule has 7 nitrogen and oxygen atoms in total. The Hall–Kier alpha value is -1.99. The van der Waals surface area contributed by atoms with E-state index in [0.717, 1.165) is 37.7 Å². The van der Waals surface area contributed by atoms with Crippen molar-refractivity contribution in [3.63, 3.8) is 0 Å². The van der Waals surface area contributed by atoms with Crippen molar-refractivity contribution in [2.45, 2.75) is 125 Å². The molecule has 0 aromatic rings. The first-order valence-electron chi connectivity index (χ1n) is 16.1. The van der Waals surface area contributed by atoms with Gasteiger partial charge in [0, 0.05) is 23.4 Å². The molecule has 0 unspecified atom stereocenters. The minimum Gasteiger partial charge on any atom is -0.481 e. The molecule has 0 aromatic carbocycles. The van der Waals surface area contributed by atoms with Gasteiger partial charge in [-0.25, -0.2) is 0 Å². The minimum absolute atomic E-state index is 0.00171. The monoisotopic (exact) mass is 586 g/mol. The van der Waals surface area contributed by atoms with Crippen molar-refractivity contribution >= 4 is 18.2 Å². The molecule has 0 radical (unpaired) electrons. The molecule has 4 rings (SSSR count). The standard InChI is InChI=1S/C35H54O7/c1-9-41-31(3,4)15-10-11-22(2)23-14-16-34(8)30-26(37)19-25-24(35(30,21-36)18-17-33(23,34)7)12-13-27(32(25,5)6)42-29(40)20-28(38)39/h10,15,19,21-24,26-27,30,37H,9,11-14,16-18,20H2,1-8H3,(H,38,39)/b15-10+/t22-,23-,24-,26+,27+,30+,33-,34+,35-/m1/s1. The summed E-state index contributed by atoms with van der Waals surface area (Å²) in [6.45, 7) is 18.0. The van der Waals surface area contributed by atoms with Crippen molar-refractivity contribution in [1.82, 2.24) is 0 Å². The van der Waals surface area contributed by atoms with Gasteiger partial charge in [0.05, 0.1) is 11.7 Å². The average molecular weight is 587 g/mol. The van der Waals surface area contributed by atoms with Gasteiger partial charge in [-0.2, -0.15) is 0 Å². The van der Waals surface area contributed by atoms with E-state index in [0.29, 0.717) is 31.3 Å². The van der Waals surface area contributed by atoms with Gasteiger partial charge in [0.15, 0.2) is 0 Å². The molecule has 0 aromatic heterocycles. The van der Waals surface area contributed by atoms with Crippen LogP contribution in [0.3, 0.4) is 0 Å². The van der Waals surface area contributed by atoms with Crippen LogP contribution < -0.4 is 0 Å². The Kier molecular flexibility index (Phi) is 9.01. The van der Waals surface area contributed by atoms with Gasteiger partial charge in [0.1, 0.15) is 18.8 Å². The van der Waals surface area contributed by atoms with E-state index in [4.69, 9.17) is 14.6 Å². The van der Waals surface area contributed by atoms with Crippen LogP contribution in [0.15, 0.2) is 23.8 Å². The molecule has 2 N–H and O–H groups in total. The lowest BCUT2D eigenvalue weighted by Gasteiger charge is -2.66. The fourth-order valence-corrected chi connectivity index (χ4v) is 10.2. The van der Waals surface area contributed by atoms with E-state index < -0.39 is 41.4 Å². The predicted molar refractivity (Wildman–Crippen MR) is 162 cm³/mol. The number of aliphatic carboxylic acids is 1. The molecule has 4 aliphatic carbocycles. The predicted octanol–water partition coefficient (Wildman–Crippen LogP) is 6.53. The molecule has 0 heterocycles. The SMILES string of the molecule is CCOC(C)(C)/C=C/C[C@@H](C)[C@H]1CC[C@@]2(C)[C@@H]3[C@@H](O)C=C4[C@@H](CC[C@H](OC(=O)CC(=O)O)C4(C)C)[C@]3(C=O)CC[C@]12C. The zero-order chi connectivity index (χ0) is 31.3. The first kappa shape index (κ1) is 32.9. The van der Waals surface area contributed by atoms with Crippen molar-refractivity contribution in [1.29, 1.82) is 0 Å². The summed E-state index contributed by atoms with van der Waals surface area (Å²) >= 11 is 0. The molecule has 3 saturated carbocycles. The molecule has 0 saturated heterocycles. The van der Waals surface area contributed by atoms with Crippen LogP contribution >= 0.6 is 0 Å². The van der Waals surface area contributed by atoms with E-state index >= 15 is 0 Å². The molecular formula is C35H54O7. The highest BCUT2D eigenvalue weighted by Crippen LogP contribution is 2.74. The Morgan fingerprint density at radius 2 is 1.79 bits per heavy atom. The zero-order valence-corrected chi connectivity index (χ0v) is 27.1. The van der Waals surface area contributed by atoms with Crippen LogP contribution in [0.4, 0.5) is 0 Å². The van der Waals surface area contributed by atoms with Crippen LogP contribution in [0, 0.1) is 45.3 Å². The zero-order valence-electron chi connectivity index (χ0n) is 27.1. The highest BCUT2D eigenvalue weighted by atomic mass is 16.5. The van der Waals surface area contributed by atoms with Gasteiger partial charge in [-0.15, -0.1) is 0 Å². The molecular weight excluding hydrogens is 532 g/mol. The van der Waals surface area contributed by atoms with Crippen LogP contribution in [0.25, 0.3) is 0 Å². The van der Waals surface area contributed by atoms with Gasteiger partial charge < -0.3 is 24.5 Å². The molecule has 3 fully saturated rings. The number of rotatable bonds is 10. The Morgan fingerprint density at radius 3 is 2.40 bits per heavy atom. The summed E-state index contributed by atoms with van der Waals surface area (Å²) in [4.78, 5) is 36.7. The van der Waals surface area contributed by atoms with Gasteiger partial charge in [-0.1, -0.05) is 58.4 Å². The van der Waals surface area contributed by atoms with Gasteiger partial charge in [-0.3, -0.25) is 9.59 Å². The minimum atomic E-state index is -1.21. The summed E-state index contributed by atoms with van der Waals surface area (Å²) in [7, 11) is 0. The topological polar surface area (TPSA) is 110 Å². The molecule has 9 atom stereocenters.